The van der Waals surface area contributed by atoms with Gasteiger partial charge in [-0.1, -0.05) is 29.8 Å². The van der Waals surface area contributed by atoms with Crippen LogP contribution in [0.2, 0.25) is 0 Å². The summed E-state index contributed by atoms with van der Waals surface area (Å²) in [5.41, 5.74) is 2.35. The van der Waals surface area contributed by atoms with Crippen molar-refractivity contribution in [2.45, 2.75) is 30.9 Å². The number of aryl methyl sites for hydroxylation is 2. The van der Waals surface area contributed by atoms with Crippen molar-refractivity contribution in [1.29, 1.82) is 0 Å². The molecule has 2 unspecified atom stereocenters. The summed E-state index contributed by atoms with van der Waals surface area (Å²) in [6.07, 6.45) is 0. The maximum absolute atomic E-state index is 13.7. The molecule has 21 heavy (non-hydrogen) atoms. The van der Waals surface area contributed by atoms with E-state index in [1.165, 1.54) is 18.2 Å². The largest absolute Gasteiger partial charge is 0.293 e. The zero-order valence-electron chi connectivity index (χ0n) is 12.2. The van der Waals surface area contributed by atoms with Crippen LogP contribution in [0.4, 0.5) is 4.39 Å². The number of halogens is 1. The van der Waals surface area contributed by atoms with Crippen LogP contribution in [0.15, 0.2) is 47.4 Å². The molecule has 0 aliphatic carbocycles. The van der Waals surface area contributed by atoms with Gasteiger partial charge in [-0.15, -0.1) is 0 Å². The van der Waals surface area contributed by atoms with Gasteiger partial charge in [0.15, 0.2) is 5.78 Å². The smallest absolute Gasteiger partial charge is 0.178 e. The third kappa shape index (κ3) is 3.27. The minimum atomic E-state index is -1.71. The SMILES string of the molecule is Cc1ccc(C)c(C(=O)C(C)S(=O)c2ccccc2F)c1. The normalized spacial score (nSPS) is 13.7. The van der Waals surface area contributed by atoms with Gasteiger partial charge in [-0.25, -0.2) is 4.39 Å². The lowest BCUT2D eigenvalue weighted by Crippen LogP contribution is -2.24. The van der Waals surface area contributed by atoms with Gasteiger partial charge in [-0.2, -0.15) is 0 Å². The van der Waals surface area contributed by atoms with E-state index in [1.807, 2.05) is 26.0 Å². The topological polar surface area (TPSA) is 34.1 Å². The molecular formula is C17H17FO2S. The van der Waals surface area contributed by atoms with E-state index < -0.39 is 21.9 Å². The van der Waals surface area contributed by atoms with Gasteiger partial charge in [0.25, 0.3) is 0 Å². The first-order chi connectivity index (χ1) is 9.91. The number of carbonyl (C=O) groups excluding carboxylic acids is 1. The molecule has 2 atom stereocenters. The Balaban J connectivity index is 2.33. The first-order valence-corrected chi connectivity index (χ1v) is 7.89. The van der Waals surface area contributed by atoms with Crippen molar-refractivity contribution >= 4 is 16.6 Å². The fourth-order valence-electron chi connectivity index (χ4n) is 2.12. The Morgan fingerprint density at radius 1 is 1.14 bits per heavy atom. The maximum atomic E-state index is 13.7. The summed E-state index contributed by atoms with van der Waals surface area (Å²) in [5, 5.41) is -0.789. The van der Waals surface area contributed by atoms with E-state index in [1.54, 1.807) is 19.1 Å². The van der Waals surface area contributed by atoms with Crippen LogP contribution in [0.3, 0.4) is 0 Å². The number of benzene rings is 2. The molecule has 0 heterocycles. The van der Waals surface area contributed by atoms with Gasteiger partial charge >= 0.3 is 0 Å². The van der Waals surface area contributed by atoms with Gasteiger partial charge in [0.2, 0.25) is 0 Å². The Labute approximate surface area is 126 Å². The van der Waals surface area contributed by atoms with Gasteiger partial charge in [0.05, 0.1) is 20.9 Å². The third-order valence-corrected chi connectivity index (χ3v) is 5.02. The van der Waals surface area contributed by atoms with Crippen LogP contribution in [0.5, 0.6) is 0 Å². The van der Waals surface area contributed by atoms with Crippen LogP contribution in [0.25, 0.3) is 0 Å². The van der Waals surface area contributed by atoms with E-state index in [9.17, 15) is 13.4 Å². The summed E-state index contributed by atoms with van der Waals surface area (Å²) in [6, 6.07) is 11.4. The number of hydrogen-bond acceptors (Lipinski definition) is 2. The predicted molar refractivity (Wildman–Crippen MR) is 82.5 cm³/mol. The van der Waals surface area contributed by atoms with Crippen molar-refractivity contribution in [1.82, 2.24) is 0 Å². The van der Waals surface area contributed by atoms with E-state index in [4.69, 9.17) is 0 Å². The second kappa shape index (κ2) is 6.31. The molecule has 2 nitrogen and oxygen atoms in total. The van der Waals surface area contributed by atoms with Crippen molar-refractivity contribution in [2.75, 3.05) is 0 Å². The van der Waals surface area contributed by atoms with Crippen molar-refractivity contribution in [2.24, 2.45) is 0 Å². The summed E-state index contributed by atoms with van der Waals surface area (Å²) in [6.45, 7) is 5.31. The summed E-state index contributed by atoms with van der Waals surface area (Å²) < 4.78 is 26.1. The minimum Gasteiger partial charge on any atom is -0.293 e. The van der Waals surface area contributed by atoms with Crippen LogP contribution in [-0.2, 0) is 10.8 Å². The average molecular weight is 304 g/mol. The Morgan fingerprint density at radius 2 is 1.81 bits per heavy atom. The molecule has 0 bridgehead atoms. The number of rotatable bonds is 4. The highest BCUT2D eigenvalue weighted by Gasteiger charge is 2.25. The second-order valence-electron chi connectivity index (χ2n) is 5.05. The lowest BCUT2D eigenvalue weighted by Gasteiger charge is -2.13. The standard InChI is InChI=1S/C17H17FO2S/c1-11-8-9-12(2)14(10-11)17(19)13(3)21(20)16-7-5-4-6-15(16)18/h4-10,13H,1-3H3. The molecule has 2 aromatic carbocycles. The summed E-state index contributed by atoms with van der Waals surface area (Å²) in [5.74, 6) is -0.769. The van der Waals surface area contributed by atoms with Crippen LogP contribution in [-0.4, -0.2) is 15.2 Å². The number of Topliss-reactive ketones (excluding diaryl/α,β-unsaturated/α-hetero) is 1. The fraction of sp³-hybridized carbons (Fsp3) is 0.235. The number of ketones is 1. The highest BCUT2D eigenvalue weighted by atomic mass is 32.2. The van der Waals surface area contributed by atoms with Crippen LogP contribution < -0.4 is 0 Å². The minimum absolute atomic E-state index is 0.0728. The molecule has 2 aromatic rings. The molecular weight excluding hydrogens is 287 g/mol. The van der Waals surface area contributed by atoms with Gasteiger partial charge < -0.3 is 0 Å². The Morgan fingerprint density at radius 3 is 2.48 bits per heavy atom. The molecule has 0 spiro atoms. The van der Waals surface area contributed by atoms with E-state index in [-0.39, 0.29) is 10.7 Å². The number of carbonyl (C=O) groups is 1. The Bertz CT molecular complexity index is 710. The highest BCUT2D eigenvalue weighted by Crippen LogP contribution is 2.20. The molecule has 0 fully saturated rings. The zero-order chi connectivity index (χ0) is 15.6. The molecule has 4 heteroatoms. The van der Waals surface area contributed by atoms with Gasteiger partial charge in [-0.3, -0.25) is 9.00 Å². The predicted octanol–water partition coefficient (Wildman–Crippen LogP) is 3.82. The molecule has 2 rings (SSSR count). The van der Waals surface area contributed by atoms with Gasteiger partial charge in [0, 0.05) is 5.56 Å². The summed E-state index contributed by atoms with van der Waals surface area (Å²) in [7, 11) is -1.71. The summed E-state index contributed by atoms with van der Waals surface area (Å²) >= 11 is 0. The van der Waals surface area contributed by atoms with E-state index in [0.717, 1.165) is 11.1 Å². The second-order valence-corrected chi connectivity index (χ2v) is 6.79. The average Bonchev–Trinajstić information content (AvgIpc) is 2.48. The van der Waals surface area contributed by atoms with Crippen LogP contribution in [0, 0.1) is 19.7 Å². The molecule has 0 aromatic heterocycles. The number of hydrogen-bond donors (Lipinski definition) is 0. The van der Waals surface area contributed by atoms with Crippen molar-refractivity contribution in [3.05, 3.63) is 65.0 Å². The highest BCUT2D eigenvalue weighted by molar-refractivity contribution is 7.86. The molecule has 0 saturated carbocycles. The van der Waals surface area contributed by atoms with E-state index in [0.29, 0.717) is 5.56 Å². The molecule has 0 aliphatic rings. The lowest BCUT2D eigenvalue weighted by atomic mass is 10.0. The third-order valence-electron chi connectivity index (χ3n) is 3.40. The van der Waals surface area contributed by atoms with Crippen LogP contribution in [0.1, 0.15) is 28.4 Å². The molecule has 0 aliphatic heterocycles. The van der Waals surface area contributed by atoms with Crippen molar-refractivity contribution in [3.8, 4) is 0 Å². The quantitative estimate of drug-likeness (QED) is 0.805. The molecule has 0 N–H and O–H groups in total. The molecule has 0 saturated heterocycles. The maximum Gasteiger partial charge on any atom is 0.178 e. The van der Waals surface area contributed by atoms with E-state index >= 15 is 0 Å². The van der Waals surface area contributed by atoms with Crippen molar-refractivity contribution < 1.29 is 13.4 Å². The first-order valence-electron chi connectivity index (χ1n) is 6.68. The van der Waals surface area contributed by atoms with Gasteiger partial charge in [-0.05, 0) is 44.5 Å². The monoisotopic (exact) mass is 304 g/mol. The zero-order valence-corrected chi connectivity index (χ0v) is 13.0. The molecule has 0 radical (unpaired) electrons. The van der Waals surface area contributed by atoms with Gasteiger partial charge in [0.1, 0.15) is 5.82 Å². The van der Waals surface area contributed by atoms with Crippen LogP contribution >= 0.6 is 0 Å². The lowest BCUT2D eigenvalue weighted by molar-refractivity contribution is 0.0992. The summed E-state index contributed by atoms with van der Waals surface area (Å²) in [4.78, 5) is 12.6. The molecule has 0 amide bonds. The molecule has 110 valence electrons. The first kappa shape index (κ1) is 15.6. The fourth-order valence-corrected chi connectivity index (χ4v) is 3.29. The Kier molecular flexibility index (Phi) is 4.68. The van der Waals surface area contributed by atoms with E-state index in [2.05, 4.69) is 0 Å². The van der Waals surface area contributed by atoms with Crippen molar-refractivity contribution in [3.63, 3.8) is 0 Å². The Hall–Kier alpha value is -1.81.